The molecule has 52 heavy (non-hydrogen) atoms. The van der Waals surface area contributed by atoms with Crippen molar-refractivity contribution in [1.82, 2.24) is 0 Å². The lowest BCUT2D eigenvalue weighted by Gasteiger charge is -2.59. The Morgan fingerprint density at radius 1 is 0.962 bits per heavy atom. The van der Waals surface area contributed by atoms with Crippen LogP contribution in [0.5, 0.6) is 0 Å². The highest BCUT2D eigenvalue weighted by atomic mass is 16.7. The third-order valence-electron chi connectivity index (χ3n) is 14.4. The molecule has 1 aliphatic heterocycles. The SMILES string of the molecule is CCCC1O[C@@H]2C[C@H]3[C@@H]4CCC5=CC(=O)C=C[C@]5(C)[C@H]4[C@@H](O)C[C@]3(C)[C@]2(C(=O)COC(=O)CC(C)CCCC(C)CCCC(C)CCCC(C)C)O1. The Kier molecular flexibility index (Phi) is 13.8. The van der Waals surface area contributed by atoms with E-state index in [0.29, 0.717) is 31.6 Å². The van der Waals surface area contributed by atoms with Crippen molar-refractivity contribution in [2.75, 3.05) is 6.61 Å². The molecule has 12 atom stereocenters. The first-order chi connectivity index (χ1) is 24.6. The Hall–Kier alpha value is -1.83. The molecule has 1 saturated heterocycles. The highest BCUT2D eigenvalue weighted by molar-refractivity contribution is 6.01. The van der Waals surface area contributed by atoms with E-state index >= 15 is 0 Å². The minimum Gasteiger partial charge on any atom is -0.458 e. The molecule has 0 spiro atoms. The number of Topliss-reactive ketones (excluding diaryl/α,β-unsaturated/α-hetero) is 1. The molecule has 0 amide bonds. The van der Waals surface area contributed by atoms with Gasteiger partial charge < -0.3 is 19.3 Å². The van der Waals surface area contributed by atoms with Crippen molar-refractivity contribution < 1.29 is 33.7 Å². The second kappa shape index (κ2) is 17.3. The second-order valence-corrected chi connectivity index (χ2v) is 18.9. The van der Waals surface area contributed by atoms with Gasteiger partial charge in [-0.05, 0) is 79.8 Å². The number of ketones is 2. The number of ether oxygens (including phenoxy) is 3. The van der Waals surface area contributed by atoms with Crippen molar-refractivity contribution in [3.05, 3.63) is 23.8 Å². The Morgan fingerprint density at radius 2 is 1.60 bits per heavy atom. The van der Waals surface area contributed by atoms with Crippen LogP contribution in [0.25, 0.3) is 0 Å². The van der Waals surface area contributed by atoms with Crippen LogP contribution in [0.3, 0.4) is 0 Å². The molecule has 0 aromatic rings. The molecule has 0 aromatic carbocycles. The number of hydrogen-bond donors (Lipinski definition) is 1. The summed E-state index contributed by atoms with van der Waals surface area (Å²) in [4.78, 5) is 39.9. The normalized spacial score (nSPS) is 36.7. The smallest absolute Gasteiger partial charge is 0.306 e. The van der Waals surface area contributed by atoms with E-state index in [9.17, 15) is 19.5 Å². The van der Waals surface area contributed by atoms with E-state index in [1.165, 1.54) is 44.9 Å². The van der Waals surface area contributed by atoms with Gasteiger partial charge >= 0.3 is 5.97 Å². The van der Waals surface area contributed by atoms with Crippen LogP contribution >= 0.6 is 0 Å². The fourth-order valence-corrected chi connectivity index (χ4v) is 11.5. The number of allylic oxidation sites excluding steroid dienone is 4. The van der Waals surface area contributed by atoms with Gasteiger partial charge in [0.05, 0.1) is 12.2 Å². The van der Waals surface area contributed by atoms with E-state index < -0.39 is 34.9 Å². The van der Waals surface area contributed by atoms with Crippen LogP contribution in [0, 0.1) is 52.3 Å². The monoisotopic (exact) mass is 725 g/mol. The van der Waals surface area contributed by atoms with Gasteiger partial charge in [-0.2, -0.15) is 0 Å². The predicted molar refractivity (Wildman–Crippen MR) is 205 cm³/mol. The van der Waals surface area contributed by atoms with Crippen LogP contribution in [0.4, 0.5) is 0 Å². The van der Waals surface area contributed by atoms with Crippen LogP contribution in [0.15, 0.2) is 23.8 Å². The van der Waals surface area contributed by atoms with Crippen LogP contribution < -0.4 is 0 Å². The number of esters is 1. The molecule has 4 fully saturated rings. The highest BCUT2D eigenvalue weighted by Crippen LogP contribution is 2.69. The standard InChI is InChI=1S/C45H72O7/c1-9-13-41-51-39-26-36-35-21-20-33-25-34(46)22-23-43(33,7)42(35)37(47)27-44(36,8)45(39,52-41)38(48)28-50-40(49)24-32(6)19-12-18-31(5)17-11-16-30(4)15-10-14-29(2)3/h22-23,25,29-32,35-37,39,41-42,47H,9-21,24,26-28H2,1-8H3/t30?,31?,32?,35-,36-,37-,39+,41?,42+,43-,44-,45+/m0/s1. The summed E-state index contributed by atoms with van der Waals surface area (Å²) in [6.45, 7) is 17.5. The zero-order chi connectivity index (χ0) is 37.8. The molecule has 294 valence electrons. The first-order valence-corrected chi connectivity index (χ1v) is 21.3. The van der Waals surface area contributed by atoms with Gasteiger partial charge in [0.15, 0.2) is 24.3 Å². The van der Waals surface area contributed by atoms with Crippen molar-refractivity contribution >= 4 is 17.5 Å². The predicted octanol–water partition coefficient (Wildman–Crippen LogP) is 9.73. The summed E-state index contributed by atoms with van der Waals surface area (Å²) in [5.74, 6) is 2.14. The highest BCUT2D eigenvalue weighted by Gasteiger charge is 2.75. The number of aliphatic hydroxyl groups is 1. The maximum Gasteiger partial charge on any atom is 0.306 e. The maximum atomic E-state index is 14.5. The van der Waals surface area contributed by atoms with Crippen molar-refractivity contribution in [1.29, 1.82) is 0 Å². The Morgan fingerprint density at radius 3 is 2.23 bits per heavy atom. The molecule has 1 heterocycles. The van der Waals surface area contributed by atoms with Gasteiger partial charge in [-0.25, -0.2) is 0 Å². The molecule has 0 bridgehead atoms. The topological polar surface area (TPSA) is 99.1 Å². The first-order valence-electron chi connectivity index (χ1n) is 21.3. The van der Waals surface area contributed by atoms with E-state index in [1.54, 1.807) is 12.2 Å². The number of carbonyl (C=O) groups is 3. The number of aliphatic hydroxyl groups excluding tert-OH is 1. The van der Waals surface area contributed by atoms with Crippen molar-refractivity contribution in [3.63, 3.8) is 0 Å². The van der Waals surface area contributed by atoms with Gasteiger partial charge in [-0.3, -0.25) is 14.4 Å². The Labute approximate surface area is 315 Å². The third kappa shape index (κ3) is 8.52. The summed E-state index contributed by atoms with van der Waals surface area (Å²) in [6.07, 6.45) is 19.5. The summed E-state index contributed by atoms with van der Waals surface area (Å²) in [7, 11) is 0. The summed E-state index contributed by atoms with van der Waals surface area (Å²) >= 11 is 0. The average Bonchev–Trinajstić information content (AvgIpc) is 3.55. The molecule has 7 heteroatoms. The van der Waals surface area contributed by atoms with Crippen LogP contribution in [0.2, 0.25) is 0 Å². The van der Waals surface area contributed by atoms with Crippen molar-refractivity contribution in [3.8, 4) is 0 Å². The lowest BCUT2D eigenvalue weighted by Crippen LogP contribution is -2.63. The number of carbonyl (C=O) groups excluding carboxylic acids is 3. The lowest BCUT2D eigenvalue weighted by molar-refractivity contribution is -0.201. The zero-order valence-corrected chi connectivity index (χ0v) is 33.9. The molecule has 3 saturated carbocycles. The zero-order valence-electron chi connectivity index (χ0n) is 33.9. The molecule has 5 rings (SSSR count). The lowest BCUT2D eigenvalue weighted by atomic mass is 9.46. The second-order valence-electron chi connectivity index (χ2n) is 18.9. The largest absolute Gasteiger partial charge is 0.458 e. The molecule has 4 aliphatic carbocycles. The molecule has 0 radical (unpaired) electrons. The first kappa shape index (κ1) is 41.3. The summed E-state index contributed by atoms with van der Waals surface area (Å²) < 4.78 is 19.0. The molecule has 5 aliphatic rings. The quantitative estimate of drug-likeness (QED) is 0.133. The van der Waals surface area contributed by atoms with Crippen LogP contribution in [0.1, 0.15) is 158 Å². The van der Waals surface area contributed by atoms with Gasteiger partial charge in [0.25, 0.3) is 0 Å². The molecule has 0 aromatic heterocycles. The molecule has 7 nitrogen and oxygen atoms in total. The third-order valence-corrected chi connectivity index (χ3v) is 14.4. The van der Waals surface area contributed by atoms with E-state index in [2.05, 4.69) is 55.4 Å². The molecule has 4 unspecified atom stereocenters. The van der Waals surface area contributed by atoms with Crippen molar-refractivity contribution in [2.24, 2.45) is 52.3 Å². The Bertz CT molecular complexity index is 1320. The molecular weight excluding hydrogens is 652 g/mol. The van der Waals surface area contributed by atoms with Gasteiger partial charge in [0, 0.05) is 23.2 Å². The van der Waals surface area contributed by atoms with Gasteiger partial charge in [0.2, 0.25) is 5.78 Å². The Balaban J connectivity index is 1.14. The number of fused-ring (bicyclic) bond motifs is 7. The van der Waals surface area contributed by atoms with E-state index in [0.717, 1.165) is 49.5 Å². The van der Waals surface area contributed by atoms with E-state index in [4.69, 9.17) is 14.2 Å². The number of hydrogen-bond acceptors (Lipinski definition) is 7. The van der Waals surface area contributed by atoms with Gasteiger partial charge in [0.1, 0.15) is 0 Å². The van der Waals surface area contributed by atoms with E-state index in [1.807, 2.05) is 6.08 Å². The summed E-state index contributed by atoms with van der Waals surface area (Å²) in [6, 6.07) is 0. The fraction of sp³-hybridized carbons (Fsp3) is 0.844. The maximum absolute atomic E-state index is 14.5. The van der Waals surface area contributed by atoms with Crippen LogP contribution in [-0.2, 0) is 28.6 Å². The minimum atomic E-state index is -1.27. The average molecular weight is 725 g/mol. The minimum absolute atomic E-state index is 0.0157. The summed E-state index contributed by atoms with van der Waals surface area (Å²) in [5.41, 5.74) is -1.24. The van der Waals surface area contributed by atoms with E-state index in [-0.39, 0.29) is 47.8 Å². The van der Waals surface area contributed by atoms with Crippen molar-refractivity contribution in [2.45, 2.75) is 182 Å². The fourth-order valence-electron chi connectivity index (χ4n) is 11.5. The molecular formula is C45H72O7. The van der Waals surface area contributed by atoms with Crippen LogP contribution in [-0.4, -0.2) is 53.3 Å². The summed E-state index contributed by atoms with van der Waals surface area (Å²) in [5, 5.41) is 12.0. The van der Waals surface area contributed by atoms with Gasteiger partial charge in [-0.1, -0.05) is 131 Å². The number of rotatable bonds is 19. The molecule has 1 N–H and O–H groups in total. The van der Waals surface area contributed by atoms with Gasteiger partial charge in [-0.15, -0.1) is 0 Å².